The molecule has 1 atom stereocenters. The van der Waals surface area contributed by atoms with Crippen molar-refractivity contribution < 1.29 is 14.4 Å². The van der Waals surface area contributed by atoms with E-state index in [0.29, 0.717) is 24.0 Å². The summed E-state index contributed by atoms with van der Waals surface area (Å²) in [5, 5.41) is 11.6. The number of benzene rings is 2. The zero-order valence-electron chi connectivity index (χ0n) is 16.7. The first-order chi connectivity index (χ1) is 14.6. The molecule has 2 aromatic carbocycles. The van der Waals surface area contributed by atoms with Crippen LogP contribution in [-0.4, -0.2) is 48.1 Å². The van der Waals surface area contributed by atoms with Gasteiger partial charge in [0, 0.05) is 10.9 Å². The maximum absolute atomic E-state index is 12.8. The zero-order valence-corrected chi connectivity index (χ0v) is 16.7. The molecule has 0 aliphatic carbocycles. The molecule has 30 heavy (non-hydrogen) atoms. The molecule has 8 nitrogen and oxygen atoms in total. The van der Waals surface area contributed by atoms with Crippen LogP contribution in [0, 0.1) is 0 Å². The monoisotopic (exact) mass is 406 g/mol. The van der Waals surface area contributed by atoms with Crippen LogP contribution in [0.3, 0.4) is 0 Å². The molecule has 0 radical (unpaired) electrons. The van der Waals surface area contributed by atoms with E-state index in [1.807, 2.05) is 25.1 Å². The Labute approximate surface area is 173 Å². The first kappa shape index (κ1) is 19.9. The van der Waals surface area contributed by atoms with Crippen LogP contribution in [-0.2, 0) is 4.74 Å². The second kappa shape index (κ2) is 8.98. The summed E-state index contributed by atoms with van der Waals surface area (Å²) < 4.78 is 5.50. The number of hydrogen-bond acceptors (Lipinski definition) is 5. The number of H-pyrrole nitrogens is 1. The molecule has 0 spiro atoms. The quantitative estimate of drug-likeness (QED) is 0.429. The van der Waals surface area contributed by atoms with Crippen molar-refractivity contribution in [3.8, 4) is 0 Å². The van der Waals surface area contributed by atoms with Gasteiger partial charge in [0.05, 0.1) is 24.3 Å². The van der Waals surface area contributed by atoms with Crippen LogP contribution in [0.15, 0.2) is 64.5 Å². The van der Waals surface area contributed by atoms with Gasteiger partial charge >= 0.3 is 0 Å². The van der Waals surface area contributed by atoms with E-state index in [-0.39, 0.29) is 17.3 Å². The average Bonchev–Trinajstić information content (AvgIpc) is 2.79. The lowest BCUT2D eigenvalue weighted by Gasteiger charge is -2.31. The molecular weight excluding hydrogens is 382 g/mol. The third-order valence-electron chi connectivity index (χ3n) is 5.34. The Hall–Kier alpha value is -3.36. The number of nitrogens with one attached hydrogen (secondary N) is 3. The number of amides is 1. The molecule has 8 heteroatoms. The second-order valence-electron chi connectivity index (χ2n) is 7.26. The lowest BCUT2D eigenvalue weighted by Crippen LogP contribution is -3.15. The van der Waals surface area contributed by atoms with Gasteiger partial charge in [-0.15, -0.1) is 0 Å². The number of morpholine rings is 1. The molecule has 3 aromatic rings. The van der Waals surface area contributed by atoms with Crippen molar-refractivity contribution in [1.82, 2.24) is 15.6 Å². The minimum Gasteiger partial charge on any atom is -0.370 e. The summed E-state index contributed by atoms with van der Waals surface area (Å²) in [5.74, 6) is -0.467. The number of hydrogen-bond donors (Lipinski definition) is 3. The Morgan fingerprint density at radius 1 is 1.10 bits per heavy atom. The summed E-state index contributed by atoms with van der Waals surface area (Å²) in [4.78, 5) is 26.1. The summed E-state index contributed by atoms with van der Waals surface area (Å²) >= 11 is 0. The molecule has 4 rings (SSSR count). The third kappa shape index (κ3) is 4.14. The first-order valence-electron chi connectivity index (χ1n) is 9.94. The molecule has 3 N–H and O–H groups in total. The molecule has 1 aliphatic heterocycles. The fourth-order valence-electron chi connectivity index (χ4n) is 3.88. The van der Waals surface area contributed by atoms with Crippen LogP contribution >= 0.6 is 0 Å². The number of aromatic amines is 1. The Balaban J connectivity index is 1.61. The van der Waals surface area contributed by atoms with Crippen LogP contribution in [0.4, 0.5) is 0 Å². The lowest BCUT2D eigenvalue weighted by molar-refractivity contribution is -0.928. The number of ether oxygens (including phenoxy) is 1. The van der Waals surface area contributed by atoms with Gasteiger partial charge in [-0.2, -0.15) is 10.2 Å². The Bertz CT molecular complexity index is 1120. The molecule has 0 unspecified atom stereocenters. The summed E-state index contributed by atoms with van der Waals surface area (Å²) in [6.45, 7) is 5.05. The van der Waals surface area contributed by atoms with E-state index in [9.17, 15) is 9.59 Å². The minimum atomic E-state index is -0.467. The number of nitrogens with zero attached hydrogens (tertiary/aromatic N) is 2. The van der Waals surface area contributed by atoms with Crippen molar-refractivity contribution in [3.63, 3.8) is 0 Å². The van der Waals surface area contributed by atoms with Gasteiger partial charge in [0.1, 0.15) is 13.1 Å². The van der Waals surface area contributed by atoms with Gasteiger partial charge in [-0.1, -0.05) is 48.5 Å². The fourth-order valence-corrected chi connectivity index (χ4v) is 3.88. The Morgan fingerprint density at radius 2 is 1.77 bits per heavy atom. The van der Waals surface area contributed by atoms with Crippen molar-refractivity contribution in [3.05, 3.63) is 76.2 Å². The van der Waals surface area contributed by atoms with Gasteiger partial charge in [0.15, 0.2) is 11.7 Å². The SMILES string of the molecule is C/C(=N/NC(=O)c1n[nH]c(=O)c2ccccc12)[C@H](c1ccccc1)[NH+]1CCOCC1. The van der Waals surface area contributed by atoms with Crippen LogP contribution in [0.1, 0.15) is 29.0 Å². The maximum atomic E-state index is 12.8. The van der Waals surface area contributed by atoms with E-state index >= 15 is 0 Å². The van der Waals surface area contributed by atoms with E-state index in [2.05, 4.69) is 32.9 Å². The fraction of sp³-hybridized carbons (Fsp3) is 0.273. The highest BCUT2D eigenvalue weighted by molar-refractivity contribution is 6.05. The van der Waals surface area contributed by atoms with Crippen molar-refractivity contribution in [2.24, 2.45) is 5.10 Å². The predicted molar refractivity (Wildman–Crippen MR) is 114 cm³/mol. The molecule has 0 saturated carbocycles. The van der Waals surface area contributed by atoms with Gasteiger partial charge in [0.25, 0.3) is 11.5 Å². The van der Waals surface area contributed by atoms with Gasteiger partial charge in [-0.25, -0.2) is 10.5 Å². The summed E-state index contributed by atoms with van der Waals surface area (Å²) in [6.07, 6.45) is 0. The highest BCUT2D eigenvalue weighted by Gasteiger charge is 2.29. The number of hydrazone groups is 1. The van der Waals surface area contributed by atoms with E-state index in [0.717, 1.165) is 24.4 Å². The van der Waals surface area contributed by atoms with Crippen LogP contribution in [0.2, 0.25) is 0 Å². The summed E-state index contributed by atoms with van der Waals surface area (Å²) in [7, 11) is 0. The van der Waals surface area contributed by atoms with Gasteiger partial charge in [-0.05, 0) is 13.0 Å². The highest BCUT2D eigenvalue weighted by Crippen LogP contribution is 2.14. The van der Waals surface area contributed by atoms with Gasteiger partial charge in [0.2, 0.25) is 0 Å². The maximum Gasteiger partial charge on any atom is 0.292 e. The van der Waals surface area contributed by atoms with E-state index in [1.54, 1.807) is 24.3 Å². The van der Waals surface area contributed by atoms with Crippen molar-refractivity contribution >= 4 is 22.4 Å². The van der Waals surface area contributed by atoms with Crippen LogP contribution in [0.5, 0.6) is 0 Å². The molecule has 1 fully saturated rings. The van der Waals surface area contributed by atoms with Crippen molar-refractivity contribution in [2.45, 2.75) is 13.0 Å². The Kier molecular flexibility index (Phi) is 5.97. The van der Waals surface area contributed by atoms with Gasteiger partial charge < -0.3 is 9.64 Å². The molecular formula is C22H24N5O3+. The minimum absolute atomic E-state index is 0.00989. The number of rotatable bonds is 5. The smallest absolute Gasteiger partial charge is 0.292 e. The number of fused-ring (bicyclic) bond motifs is 1. The van der Waals surface area contributed by atoms with E-state index in [1.165, 1.54) is 4.90 Å². The third-order valence-corrected chi connectivity index (χ3v) is 5.34. The lowest BCUT2D eigenvalue weighted by atomic mass is 10.0. The normalized spacial score (nSPS) is 16.4. The van der Waals surface area contributed by atoms with Crippen LogP contribution in [0.25, 0.3) is 10.8 Å². The predicted octanol–water partition coefficient (Wildman–Crippen LogP) is 0.685. The molecule has 154 valence electrons. The standard InChI is InChI=1S/C22H23N5O3/c1-15(20(16-7-3-2-4-8-16)27-11-13-30-14-12-27)23-26-22(29)19-17-9-5-6-10-18(17)21(28)25-24-19/h2-10,20H,11-14H2,1H3,(H,25,28)(H,26,29)/p+1/b23-15-/t20-/m1/s1. The molecule has 0 bridgehead atoms. The molecule has 2 heterocycles. The number of carbonyl (C=O) groups is 1. The average molecular weight is 406 g/mol. The molecule has 1 saturated heterocycles. The second-order valence-corrected chi connectivity index (χ2v) is 7.26. The summed E-state index contributed by atoms with van der Waals surface area (Å²) in [5.41, 5.74) is 4.35. The topological polar surface area (TPSA) is 101 Å². The van der Waals surface area contributed by atoms with E-state index < -0.39 is 5.91 Å². The number of aromatic nitrogens is 2. The van der Waals surface area contributed by atoms with Crippen molar-refractivity contribution in [1.29, 1.82) is 0 Å². The largest absolute Gasteiger partial charge is 0.370 e. The van der Waals surface area contributed by atoms with Crippen molar-refractivity contribution in [2.75, 3.05) is 26.3 Å². The first-order valence-corrected chi connectivity index (χ1v) is 9.94. The molecule has 1 aromatic heterocycles. The highest BCUT2D eigenvalue weighted by atomic mass is 16.5. The molecule has 1 aliphatic rings. The molecule has 1 amide bonds. The number of carbonyl (C=O) groups excluding carboxylic acids is 1. The van der Waals surface area contributed by atoms with Crippen LogP contribution < -0.4 is 15.9 Å². The summed E-state index contributed by atoms with van der Waals surface area (Å²) in [6, 6.07) is 17.0. The van der Waals surface area contributed by atoms with Gasteiger partial charge in [-0.3, -0.25) is 9.59 Å². The zero-order chi connectivity index (χ0) is 20.9. The number of quaternary nitrogens is 1. The Morgan fingerprint density at radius 3 is 2.50 bits per heavy atom. The van der Waals surface area contributed by atoms with E-state index in [4.69, 9.17) is 4.74 Å².